The van der Waals surface area contributed by atoms with Crippen LogP contribution in [0.2, 0.25) is 0 Å². The number of carbonyl (C=O) groups excluding carboxylic acids is 3. The third kappa shape index (κ3) is 4.57. The molecule has 1 heterocycles. The summed E-state index contributed by atoms with van der Waals surface area (Å²) in [6.07, 6.45) is -1.28. The van der Waals surface area contributed by atoms with Crippen LogP contribution in [0, 0.1) is 0 Å². The van der Waals surface area contributed by atoms with Gasteiger partial charge in [0.25, 0.3) is 5.91 Å². The van der Waals surface area contributed by atoms with Gasteiger partial charge in [-0.25, -0.2) is 14.3 Å². The second-order valence-electron chi connectivity index (χ2n) is 6.15. The van der Waals surface area contributed by atoms with Gasteiger partial charge in [-0.2, -0.15) is 0 Å². The van der Waals surface area contributed by atoms with E-state index in [1.165, 1.54) is 0 Å². The van der Waals surface area contributed by atoms with Crippen molar-refractivity contribution in [2.24, 2.45) is 0 Å². The number of fused-ring (bicyclic) bond motifs is 1. The number of nitrogens with zero attached hydrogens (tertiary/aromatic N) is 3. The van der Waals surface area contributed by atoms with Crippen LogP contribution in [0.4, 0.5) is 4.79 Å². The number of imide groups is 1. The lowest BCUT2D eigenvalue weighted by molar-refractivity contribution is -0.129. The fraction of sp³-hybridized carbons (Fsp3) is 0.250. The first-order chi connectivity index (χ1) is 14.0. The summed E-state index contributed by atoms with van der Waals surface area (Å²) in [5.41, 5.74) is 2.01. The zero-order valence-corrected chi connectivity index (χ0v) is 16.1. The molecule has 0 aliphatic carbocycles. The van der Waals surface area contributed by atoms with Crippen molar-refractivity contribution in [3.63, 3.8) is 0 Å². The number of hydrogen-bond donors (Lipinski definition) is 2. The Morgan fingerprint density at radius 1 is 1.10 bits per heavy atom. The van der Waals surface area contributed by atoms with Crippen LogP contribution in [0.1, 0.15) is 35.9 Å². The summed E-state index contributed by atoms with van der Waals surface area (Å²) in [6.45, 7) is 4.67. The Labute approximate surface area is 167 Å². The first-order valence-electron chi connectivity index (χ1n) is 9.21. The van der Waals surface area contributed by atoms with Gasteiger partial charge in [0.05, 0.1) is 11.1 Å². The first kappa shape index (κ1) is 20.0. The van der Waals surface area contributed by atoms with E-state index in [0.717, 1.165) is 5.52 Å². The lowest BCUT2D eigenvalue weighted by Crippen LogP contribution is -2.42. The maximum absolute atomic E-state index is 12.7. The number of rotatable bonds is 6. The van der Waals surface area contributed by atoms with Gasteiger partial charge in [-0.15, -0.1) is 5.10 Å². The summed E-state index contributed by atoms with van der Waals surface area (Å²) >= 11 is 0. The molecular formula is C20H21N5O4. The van der Waals surface area contributed by atoms with Crippen molar-refractivity contribution in [3.8, 4) is 0 Å². The molecule has 0 saturated heterocycles. The lowest BCUT2D eigenvalue weighted by atomic mass is 10.1. The molecule has 9 heteroatoms. The summed E-state index contributed by atoms with van der Waals surface area (Å²) in [4.78, 5) is 37.0. The van der Waals surface area contributed by atoms with Crippen molar-refractivity contribution in [2.75, 3.05) is 6.54 Å². The van der Waals surface area contributed by atoms with Gasteiger partial charge in [0.2, 0.25) is 6.10 Å². The number of benzene rings is 2. The van der Waals surface area contributed by atoms with Gasteiger partial charge in [0, 0.05) is 18.7 Å². The molecule has 1 atom stereocenters. The summed E-state index contributed by atoms with van der Waals surface area (Å²) in [5, 5.41) is 12.7. The Kier molecular flexibility index (Phi) is 6.18. The van der Waals surface area contributed by atoms with Crippen LogP contribution in [-0.2, 0) is 16.1 Å². The Balaban J connectivity index is 1.84. The molecule has 0 aliphatic rings. The minimum atomic E-state index is -1.28. The predicted molar refractivity (Wildman–Crippen MR) is 105 cm³/mol. The maximum atomic E-state index is 12.7. The highest BCUT2D eigenvalue weighted by Gasteiger charge is 2.27. The highest BCUT2D eigenvalue weighted by Crippen LogP contribution is 2.21. The van der Waals surface area contributed by atoms with E-state index in [4.69, 9.17) is 4.74 Å². The van der Waals surface area contributed by atoms with Gasteiger partial charge in [-0.3, -0.25) is 10.1 Å². The number of amides is 3. The van der Waals surface area contributed by atoms with Crippen molar-refractivity contribution in [2.45, 2.75) is 26.5 Å². The van der Waals surface area contributed by atoms with E-state index in [1.807, 2.05) is 6.92 Å². The van der Waals surface area contributed by atoms with E-state index in [2.05, 4.69) is 20.9 Å². The maximum Gasteiger partial charge on any atom is 0.339 e. The quantitative estimate of drug-likeness (QED) is 0.618. The number of hydrogen-bond acceptors (Lipinski definition) is 6. The molecule has 29 heavy (non-hydrogen) atoms. The third-order valence-electron chi connectivity index (χ3n) is 4.19. The molecule has 0 spiro atoms. The largest absolute Gasteiger partial charge is 0.444 e. The number of nitrogens with one attached hydrogen (secondary N) is 2. The SMILES string of the molecule is CCNC(=O)NC(=O)[C@H](OC(=O)c1ccc2c(c1)nnn2CC)c1ccccc1. The molecule has 2 N–H and O–H groups in total. The van der Waals surface area contributed by atoms with E-state index < -0.39 is 24.0 Å². The standard InChI is InChI=1S/C20H21N5O4/c1-3-21-20(28)22-18(26)17(13-8-6-5-7-9-13)29-19(27)14-10-11-16-15(12-14)23-24-25(16)4-2/h5-12,17H,3-4H2,1-2H3,(H2,21,22,26,28)/t17-/m1/s1. The topological polar surface area (TPSA) is 115 Å². The Morgan fingerprint density at radius 2 is 1.86 bits per heavy atom. The van der Waals surface area contributed by atoms with Crippen LogP contribution in [-0.4, -0.2) is 39.4 Å². The van der Waals surface area contributed by atoms with E-state index >= 15 is 0 Å². The normalized spacial score (nSPS) is 11.7. The number of ether oxygens (including phenoxy) is 1. The number of aryl methyl sites for hydroxylation is 1. The van der Waals surface area contributed by atoms with Crippen LogP contribution < -0.4 is 10.6 Å². The van der Waals surface area contributed by atoms with Gasteiger partial charge < -0.3 is 10.1 Å². The van der Waals surface area contributed by atoms with Crippen LogP contribution in [0.3, 0.4) is 0 Å². The molecule has 0 saturated carbocycles. The minimum absolute atomic E-state index is 0.229. The molecule has 0 fully saturated rings. The van der Waals surface area contributed by atoms with Crippen molar-refractivity contribution in [1.82, 2.24) is 25.6 Å². The minimum Gasteiger partial charge on any atom is -0.444 e. The van der Waals surface area contributed by atoms with Crippen molar-refractivity contribution in [3.05, 3.63) is 59.7 Å². The second kappa shape index (κ2) is 8.96. The highest BCUT2D eigenvalue weighted by atomic mass is 16.5. The van der Waals surface area contributed by atoms with E-state index in [9.17, 15) is 14.4 Å². The Bertz CT molecular complexity index is 1030. The molecule has 3 amide bonds. The van der Waals surface area contributed by atoms with Crippen molar-refractivity contribution in [1.29, 1.82) is 0 Å². The number of carbonyl (C=O) groups is 3. The third-order valence-corrected chi connectivity index (χ3v) is 4.19. The molecule has 0 unspecified atom stereocenters. The summed E-state index contributed by atoms with van der Waals surface area (Å²) in [6, 6.07) is 12.7. The second-order valence-corrected chi connectivity index (χ2v) is 6.15. The smallest absolute Gasteiger partial charge is 0.339 e. The monoisotopic (exact) mass is 395 g/mol. The average molecular weight is 395 g/mol. The molecule has 9 nitrogen and oxygen atoms in total. The molecule has 3 rings (SSSR count). The zero-order valence-electron chi connectivity index (χ0n) is 16.1. The lowest BCUT2D eigenvalue weighted by Gasteiger charge is -2.17. The molecule has 1 aromatic heterocycles. The predicted octanol–water partition coefficient (Wildman–Crippen LogP) is 2.20. The van der Waals surface area contributed by atoms with E-state index in [1.54, 1.807) is 60.1 Å². The zero-order chi connectivity index (χ0) is 20.8. The molecule has 0 radical (unpaired) electrons. The number of urea groups is 1. The molecule has 0 aliphatic heterocycles. The Morgan fingerprint density at radius 3 is 2.55 bits per heavy atom. The molecule has 2 aromatic carbocycles. The van der Waals surface area contributed by atoms with Gasteiger partial charge in [-0.05, 0) is 32.0 Å². The van der Waals surface area contributed by atoms with Crippen molar-refractivity contribution >= 4 is 28.9 Å². The van der Waals surface area contributed by atoms with Gasteiger partial charge in [0.15, 0.2) is 0 Å². The number of aromatic nitrogens is 3. The molecular weight excluding hydrogens is 374 g/mol. The fourth-order valence-electron chi connectivity index (χ4n) is 2.79. The van der Waals surface area contributed by atoms with Gasteiger partial charge >= 0.3 is 12.0 Å². The molecule has 3 aromatic rings. The highest BCUT2D eigenvalue weighted by molar-refractivity contribution is 5.99. The average Bonchev–Trinajstić information content (AvgIpc) is 3.14. The van der Waals surface area contributed by atoms with Crippen LogP contribution in [0.5, 0.6) is 0 Å². The van der Waals surface area contributed by atoms with Crippen LogP contribution >= 0.6 is 0 Å². The van der Waals surface area contributed by atoms with Gasteiger partial charge in [-0.1, -0.05) is 35.5 Å². The fourth-order valence-corrected chi connectivity index (χ4v) is 2.79. The van der Waals surface area contributed by atoms with Crippen molar-refractivity contribution < 1.29 is 19.1 Å². The van der Waals surface area contributed by atoms with E-state index in [-0.39, 0.29) is 5.56 Å². The van der Waals surface area contributed by atoms with Crippen LogP contribution in [0.15, 0.2) is 48.5 Å². The molecule has 150 valence electrons. The van der Waals surface area contributed by atoms with Gasteiger partial charge in [0.1, 0.15) is 5.52 Å². The van der Waals surface area contributed by atoms with E-state index in [0.29, 0.717) is 24.2 Å². The molecule has 0 bridgehead atoms. The summed E-state index contributed by atoms with van der Waals surface area (Å²) < 4.78 is 7.16. The van der Waals surface area contributed by atoms with Crippen LogP contribution in [0.25, 0.3) is 11.0 Å². The Hall–Kier alpha value is -3.75. The summed E-state index contributed by atoms with van der Waals surface area (Å²) in [7, 11) is 0. The first-order valence-corrected chi connectivity index (χ1v) is 9.21. The summed E-state index contributed by atoms with van der Waals surface area (Å²) in [5.74, 6) is -1.45. The number of esters is 1.